The zero-order chi connectivity index (χ0) is 14.8. The Balaban J connectivity index is 0.00000220. The summed E-state index contributed by atoms with van der Waals surface area (Å²) in [6, 6.07) is 6.46. The smallest absolute Gasteiger partial charge is 0.0500 e. The molecule has 120 valence electrons. The third kappa shape index (κ3) is 4.66. The van der Waals surface area contributed by atoms with Crippen LogP contribution in [0, 0.1) is 5.41 Å². The van der Waals surface area contributed by atoms with Crippen molar-refractivity contribution in [1.29, 1.82) is 0 Å². The van der Waals surface area contributed by atoms with E-state index in [9.17, 15) is 5.11 Å². The first kappa shape index (κ1) is 19.4. The molecule has 1 fully saturated rings. The fourth-order valence-corrected chi connectivity index (χ4v) is 3.71. The van der Waals surface area contributed by atoms with Gasteiger partial charge in [0.1, 0.15) is 0 Å². The van der Waals surface area contributed by atoms with Crippen LogP contribution in [0.25, 0.3) is 0 Å². The molecule has 6 heteroatoms. The second-order valence-corrected chi connectivity index (χ2v) is 7.77. The number of halogens is 3. The summed E-state index contributed by atoms with van der Waals surface area (Å²) in [6.07, 6.45) is 0. The number of piperazine rings is 1. The zero-order valence-corrected chi connectivity index (χ0v) is 16.4. The van der Waals surface area contributed by atoms with Crippen molar-refractivity contribution in [2.75, 3.05) is 32.8 Å². The zero-order valence-electron chi connectivity index (χ0n) is 12.4. The summed E-state index contributed by atoms with van der Waals surface area (Å²) in [5.74, 6) is 0. The van der Waals surface area contributed by atoms with E-state index in [2.05, 4.69) is 68.1 Å². The van der Waals surface area contributed by atoms with Crippen LogP contribution in [0.3, 0.4) is 0 Å². The summed E-state index contributed by atoms with van der Waals surface area (Å²) in [6.45, 7) is 8.45. The SMILES string of the molecule is CC(C)(CO)[C@@H](c1cc(Br)ccc1Br)N1CCNCC1.Cl. The Morgan fingerprint density at radius 2 is 1.90 bits per heavy atom. The van der Waals surface area contributed by atoms with E-state index in [0.29, 0.717) is 0 Å². The number of rotatable bonds is 4. The molecule has 1 aliphatic rings. The molecule has 0 radical (unpaired) electrons. The minimum absolute atomic E-state index is 0. The highest BCUT2D eigenvalue weighted by Gasteiger charge is 2.36. The Hall–Kier alpha value is 0.350. The van der Waals surface area contributed by atoms with E-state index in [-0.39, 0.29) is 30.5 Å². The molecule has 0 saturated carbocycles. The number of nitrogens with one attached hydrogen (secondary N) is 1. The minimum atomic E-state index is -0.194. The van der Waals surface area contributed by atoms with Crippen LogP contribution in [-0.2, 0) is 0 Å². The number of aliphatic hydroxyl groups is 1. The molecule has 1 atom stereocenters. The molecule has 0 amide bonds. The van der Waals surface area contributed by atoms with Crippen molar-refractivity contribution in [3.05, 3.63) is 32.7 Å². The largest absolute Gasteiger partial charge is 0.396 e. The lowest BCUT2D eigenvalue weighted by Gasteiger charge is -2.44. The summed E-state index contributed by atoms with van der Waals surface area (Å²) in [7, 11) is 0. The molecule has 2 rings (SSSR count). The van der Waals surface area contributed by atoms with Crippen LogP contribution in [0.15, 0.2) is 27.1 Å². The van der Waals surface area contributed by atoms with Crippen LogP contribution < -0.4 is 5.32 Å². The van der Waals surface area contributed by atoms with Crippen LogP contribution in [0.1, 0.15) is 25.5 Å². The van der Waals surface area contributed by atoms with E-state index < -0.39 is 0 Å². The predicted octanol–water partition coefficient (Wildman–Crippen LogP) is 3.60. The molecule has 1 aliphatic heterocycles. The molecule has 0 aliphatic carbocycles. The van der Waals surface area contributed by atoms with Crippen molar-refractivity contribution in [3.63, 3.8) is 0 Å². The topological polar surface area (TPSA) is 35.5 Å². The Morgan fingerprint density at radius 3 is 2.48 bits per heavy atom. The first-order valence-corrected chi connectivity index (χ1v) is 8.55. The third-order valence-electron chi connectivity index (χ3n) is 3.92. The second-order valence-electron chi connectivity index (χ2n) is 6.00. The lowest BCUT2D eigenvalue weighted by atomic mass is 9.80. The highest BCUT2D eigenvalue weighted by atomic mass is 79.9. The van der Waals surface area contributed by atoms with Gasteiger partial charge in [-0.3, -0.25) is 4.90 Å². The van der Waals surface area contributed by atoms with Gasteiger partial charge in [0.05, 0.1) is 0 Å². The van der Waals surface area contributed by atoms with E-state index in [1.165, 1.54) is 5.56 Å². The van der Waals surface area contributed by atoms with Gasteiger partial charge in [-0.05, 0) is 23.8 Å². The molecular formula is C15H23Br2ClN2O. The fraction of sp³-hybridized carbons (Fsp3) is 0.600. The molecule has 1 saturated heterocycles. The van der Waals surface area contributed by atoms with Gasteiger partial charge in [0.2, 0.25) is 0 Å². The molecule has 1 aromatic rings. The van der Waals surface area contributed by atoms with Crippen molar-refractivity contribution < 1.29 is 5.11 Å². The van der Waals surface area contributed by atoms with Crippen LogP contribution >= 0.6 is 44.3 Å². The molecule has 0 bridgehead atoms. The number of nitrogens with zero attached hydrogens (tertiary/aromatic N) is 1. The lowest BCUT2D eigenvalue weighted by Crippen LogP contribution is -2.49. The van der Waals surface area contributed by atoms with Crippen molar-refractivity contribution in [2.45, 2.75) is 19.9 Å². The normalized spacial score (nSPS) is 18.1. The maximum absolute atomic E-state index is 9.85. The second kappa shape index (κ2) is 8.27. The van der Waals surface area contributed by atoms with Gasteiger partial charge in [0.15, 0.2) is 0 Å². The van der Waals surface area contributed by atoms with E-state index in [4.69, 9.17) is 0 Å². The van der Waals surface area contributed by atoms with Crippen LogP contribution in [0.2, 0.25) is 0 Å². The Labute approximate surface area is 150 Å². The van der Waals surface area contributed by atoms with Crippen molar-refractivity contribution in [1.82, 2.24) is 10.2 Å². The summed E-state index contributed by atoms with van der Waals surface area (Å²) >= 11 is 7.24. The average Bonchev–Trinajstić information content (AvgIpc) is 2.44. The molecule has 0 unspecified atom stereocenters. The van der Waals surface area contributed by atoms with Crippen molar-refractivity contribution in [3.8, 4) is 0 Å². The molecule has 0 spiro atoms. The summed E-state index contributed by atoms with van der Waals surface area (Å²) in [5, 5.41) is 13.2. The Morgan fingerprint density at radius 1 is 1.29 bits per heavy atom. The van der Waals surface area contributed by atoms with Crippen molar-refractivity contribution in [2.24, 2.45) is 5.41 Å². The molecular weight excluding hydrogens is 419 g/mol. The van der Waals surface area contributed by atoms with E-state index >= 15 is 0 Å². The molecule has 1 heterocycles. The highest BCUT2D eigenvalue weighted by Crippen LogP contribution is 2.42. The first-order chi connectivity index (χ1) is 9.45. The predicted molar refractivity (Wildman–Crippen MR) is 97.1 cm³/mol. The Bertz CT molecular complexity index is 465. The van der Waals surface area contributed by atoms with E-state index in [1.54, 1.807) is 0 Å². The van der Waals surface area contributed by atoms with Crippen molar-refractivity contribution >= 4 is 44.3 Å². The molecule has 3 nitrogen and oxygen atoms in total. The maximum atomic E-state index is 9.85. The standard InChI is InChI=1S/C15H22Br2N2O.ClH/c1-15(2,10-20)14(19-7-5-18-6-8-19)12-9-11(16)3-4-13(12)17;/h3-4,9,14,18,20H,5-8,10H2,1-2H3;1H/t14-;/m1./s1. The number of hydrogen-bond donors (Lipinski definition) is 2. The lowest BCUT2D eigenvalue weighted by molar-refractivity contribution is 0.0301. The quantitative estimate of drug-likeness (QED) is 0.748. The van der Waals surface area contributed by atoms with Gasteiger partial charge in [-0.25, -0.2) is 0 Å². The van der Waals surface area contributed by atoms with Gasteiger partial charge in [-0.2, -0.15) is 0 Å². The number of hydrogen-bond acceptors (Lipinski definition) is 3. The van der Waals surface area contributed by atoms with Gasteiger partial charge in [0.25, 0.3) is 0 Å². The number of benzene rings is 1. The summed E-state index contributed by atoms with van der Waals surface area (Å²) in [4.78, 5) is 2.47. The van der Waals surface area contributed by atoms with Crippen LogP contribution in [0.5, 0.6) is 0 Å². The van der Waals surface area contributed by atoms with Gasteiger partial charge in [-0.15, -0.1) is 12.4 Å². The van der Waals surface area contributed by atoms with E-state index in [1.807, 2.05) is 6.07 Å². The molecule has 1 aromatic carbocycles. The Kier molecular flexibility index (Phi) is 7.64. The van der Waals surface area contributed by atoms with Crippen LogP contribution in [0.4, 0.5) is 0 Å². The fourth-order valence-electron chi connectivity index (χ4n) is 2.86. The summed E-state index contributed by atoms with van der Waals surface area (Å²) < 4.78 is 2.18. The van der Waals surface area contributed by atoms with Gasteiger partial charge in [-0.1, -0.05) is 45.7 Å². The van der Waals surface area contributed by atoms with E-state index in [0.717, 1.165) is 35.1 Å². The number of aliphatic hydroxyl groups excluding tert-OH is 1. The van der Waals surface area contributed by atoms with Crippen LogP contribution in [-0.4, -0.2) is 42.8 Å². The third-order valence-corrected chi connectivity index (χ3v) is 5.13. The highest BCUT2D eigenvalue weighted by molar-refractivity contribution is 9.11. The molecule has 0 aromatic heterocycles. The average molecular weight is 443 g/mol. The summed E-state index contributed by atoms with van der Waals surface area (Å²) in [5.41, 5.74) is 1.04. The minimum Gasteiger partial charge on any atom is -0.396 e. The van der Waals surface area contributed by atoms with Gasteiger partial charge in [0, 0.05) is 53.2 Å². The molecule has 2 N–H and O–H groups in total. The molecule has 21 heavy (non-hydrogen) atoms. The van der Waals surface area contributed by atoms with Gasteiger partial charge >= 0.3 is 0 Å². The van der Waals surface area contributed by atoms with Gasteiger partial charge < -0.3 is 10.4 Å². The first-order valence-electron chi connectivity index (χ1n) is 6.96. The monoisotopic (exact) mass is 440 g/mol. The maximum Gasteiger partial charge on any atom is 0.0500 e.